The first-order valence-corrected chi connectivity index (χ1v) is 10.4. The number of thiophene rings is 1. The molecule has 8 heteroatoms. The predicted octanol–water partition coefficient (Wildman–Crippen LogP) is 2.86. The van der Waals surface area contributed by atoms with Gasteiger partial charge in [-0.15, -0.1) is 11.3 Å². The summed E-state index contributed by atoms with van der Waals surface area (Å²) in [6.07, 6.45) is 0. The van der Waals surface area contributed by atoms with Gasteiger partial charge in [0.05, 0.1) is 10.9 Å². The molecule has 1 N–H and O–H groups in total. The Balaban J connectivity index is 1.42. The molecule has 1 aliphatic rings. The van der Waals surface area contributed by atoms with Crippen molar-refractivity contribution >= 4 is 40.4 Å². The lowest BCUT2D eigenvalue weighted by atomic mass is 10.2. The molecule has 0 atom stereocenters. The minimum absolute atomic E-state index is 0.0369. The molecule has 0 aliphatic carbocycles. The van der Waals surface area contributed by atoms with Crippen LogP contribution >= 0.6 is 22.9 Å². The third-order valence-electron chi connectivity index (χ3n) is 4.66. The zero-order valence-electron chi connectivity index (χ0n) is 16.2. The first-order valence-electron chi connectivity index (χ1n) is 9.21. The number of carbonyl (C=O) groups is 2. The Labute approximate surface area is 174 Å². The molecule has 28 heavy (non-hydrogen) atoms. The van der Waals surface area contributed by atoms with Crippen molar-refractivity contribution in [1.82, 2.24) is 14.7 Å². The van der Waals surface area contributed by atoms with Crippen molar-refractivity contribution in [2.45, 2.75) is 6.54 Å². The highest BCUT2D eigenvalue weighted by molar-refractivity contribution is 7.16. The van der Waals surface area contributed by atoms with E-state index in [0.29, 0.717) is 17.8 Å². The molecular formula is C20H25ClN4O2S. The van der Waals surface area contributed by atoms with E-state index in [0.717, 1.165) is 37.1 Å². The Morgan fingerprint density at radius 1 is 1.04 bits per heavy atom. The van der Waals surface area contributed by atoms with Crippen molar-refractivity contribution in [3.63, 3.8) is 0 Å². The SMILES string of the molecule is CN(C)C(=O)c1ccc(NC(=O)CN2CCN(Cc3ccc(Cl)s3)CC2)cc1. The van der Waals surface area contributed by atoms with Crippen LogP contribution in [0.5, 0.6) is 0 Å². The van der Waals surface area contributed by atoms with Crippen molar-refractivity contribution < 1.29 is 9.59 Å². The van der Waals surface area contributed by atoms with E-state index in [1.54, 1.807) is 49.7 Å². The number of anilines is 1. The molecule has 1 saturated heterocycles. The number of hydrogen-bond donors (Lipinski definition) is 1. The van der Waals surface area contributed by atoms with Crippen molar-refractivity contribution in [1.29, 1.82) is 0 Å². The second-order valence-electron chi connectivity index (χ2n) is 7.08. The molecule has 0 spiro atoms. The van der Waals surface area contributed by atoms with E-state index in [1.807, 2.05) is 6.07 Å². The van der Waals surface area contributed by atoms with Gasteiger partial charge in [0.1, 0.15) is 0 Å². The predicted molar refractivity (Wildman–Crippen MR) is 114 cm³/mol. The van der Waals surface area contributed by atoms with E-state index in [1.165, 1.54) is 9.78 Å². The van der Waals surface area contributed by atoms with Crippen LogP contribution in [0, 0.1) is 0 Å². The monoisotopic (exact) mass is 420 g/mol. The third kappa shape index (κ3) is 5.78. The van der Waals surface area contributed by atoms with Gasteiger partial charge >= 0.3 is 0 Å². The summed E-state index contributed by atoms with van der Waals surface area (Å²) in [5, 5.41) is 2.91. The van der Waals surface area contributed by atoms with Crippen LogP contribution < -0.4 is 5.32 Å². The van der Waals surface area contributed by atoms with Crippen LogP contribution in [-0.4, -0.2) is 73.3 Å². The number of nitrogens with zero attached hydrogens (tertiary/aromatic N) is 3. The van der Waals surface area contributed by atoms with Gasteiger partial charge in [-0.1, -0.05) is 11.6 Å². The van der Waals surface area contributed by atoms with Crippen LogP contribution in [0.15, 0.2) is 36.4 Å². The van der Waals surface area contributed by atoms with Gasteiger partial charge in [0.25, 0.3) is 5.91 Å². The summed E-state index contributed by atoms with van der Waals surface area (Å²) in [5.41, 5.74) is 1.31. The van der Waals surface area contributed by atoms with Crippen LogP contribution in [0.3, 0.4) is 0 Å². The van der Waals surface area contributed by atoms with E-state index < -0.39 is 0 Å². The standard InChI is InChI=1S/C20H25ClN4O2S/c1-23(2)20(27)15-3-5-16(6-4-15)22-19(26)14-25-11-9-24(10-12-25)13-17-7-8-18(21)28-17/h3-8H,9-14H2,1-2H3,(H,22,26). The number of nitrogens with one attached hydrogen (secondary N) is 1. The minimum atomic E-state index is -0.0550. The number of halogens is 1. The van der Waals surface area contributed by atoms with Gasteiger partial charge in [0.15, 0.2) is 0 Å². The van der Waals surface area contributed by atoms with E-state index in [-0.39, 0.29) is 11.8 Å². The van der Waals surface area contributed by atoms with E-state index in [4.69, 9.17) is 11.6 Å². The van der Waals surface area contributed by atoms with Gasteiger partial charge < -0.3 is 10.2 Å². The molecule has 6 nitrogen and oxygen atoms in total. The number of hydrogen-bond acceptors (Lipinski definition) is 5. The number of amides is 2. The highest BCUT2D eigenvalue weighted by Gasteiger charge is 2.19. The fourth-order valence-electron chi connectivity index (χ4n) is 3.12. The molecule has 0 saturated carbocycles. The van der Waals surface area contributed by atoms with Gasteiger partial charge in [0.2, 0.25) is 5.91 Å². The largest absolute Gasteiger partial charge is 0.345 e. The average Bonchev–Trinajstić information content (AvgIpc) is 3.08. The van der Waals surface area contributed by atoms with E-state index >= 15 is 0 Å². The fourth-order valence-corrected chi connectivity index (χ4v) is 4.25. The molecule has 0 radical (unpaired) electrons. The topological polar surface area (TPSA) is 55.9 Å². The van der Waals surface area contributed by atoms with Gasteiger partial charge in [-0.2, -0.15) is 0 Å². The maximum atomic E-state index is 12.3. The molecule has 0 unspecified atom stereocenters. The zero-order valence-corrected chi connectivity index (χ0v) is 17.7. The van der Waals surface area contributed by atoms with Gasteiger partial charge in [-0.05, 0) is 36.4 Å². The Kier molecular flexibility index (Phi) is 7.07. The molecule has 1 aromatic heterocycles. The third-order valence-corrected chi connectivity index (χ3v) is 5.88. The summed E-state index contributed by atoms with van der Waals surface area (Å²) in [6, 6.07) is 11.0. The fraction of sp³-hybridized carbons (Fsp3) is 0.400. The summed E-state index contributed by atoms with van der Waals surface area (Å²) >= 11 is 7.61. The Bertz CT molecular complexity index is 814. The van der Waals surface area contributed by atoms with Gasteiger partial charge in [0, 0.05) is 62.9 Å². The Morgan fingerprint density at radius 2 is 1.68 bits per heavy atom. The summed E-state index contributed by atoms with van der Waals surface area (Å²) in [5.74, 6) is -0.0919. The van der Waals surface area contributed by atoms with Crippen molar-refractivity contribution in [3.05, 3.63) is 51.2 Å². The van der Waals surface area contributed by atoms with Crippen LogP contribution in [0.1, 0.15) is 15.2 Å². The van der Waals surface area contributed by atoms with Crippen molar-refractivity contribution in [2.75, 3.05) is 52.1 Å². The lowest BCUT2D eigenvalue weighted by Gasteiger charge is -2.34. The number of carbonyl (C=O) groups excluding carboxylic acids is 2. The molecule has 1 aromatic carbocycles. The second kappa shape index (κ2) is 9.52. The zero-order chi connectivity index (χ0) is 20.1. The number of rotatable bonds is 6. The summed E-state index contributed by atoms with van der Waals surface area (Å²) in [4.78, 5) is 31.6. The first kappa shape index (κ1) is 20.8. The lowest BCUT2D eigenvalue weighted by molar-refractivity contribution is -0.117. The molecule has 2 aromatic rings. The van der Waals surface area contributed by atoms with Crippen molar-refractivity contribution in [3.8, 4) is 0 Å². The number of benzene rings is 1. The number of piperazine rings is 1. The van der Waals surface area contributed by atoms with Crippen LogP contribution in [0.2, 0.25) is 4.34 Å². The molecule has 3 rings (SSSR count). The highest BCUT2D eigenvalue weighted by atomic mass is 35.5. The lowest BCUT2D eigenvalue weighted by Crippen LogP contribution is -2.48. The molecule has 1 fully saturated rings. The smallest absolute Gasteiger partial charge is 0.253 e. The maximum absolute atomic E-state index is 12.3. The molecule has 150 valence electrons. The highest BCUT2D eigenvalue weighted by Crippen LogP contribution is 2.23. The molecule has 2 amide bonds. The molecule has 2 heterocycles. The van der Waals surface area contributed by atoms with Gasteiger partial charge in [-0.3, -0.25) is 19.4 Å². The first-order chi connectivity index (χ1) is 13.4. The van der Waals surface area contributed by atoms with Crippen LogP contribution in [0.25, 0.3) is 0 Å². The van der Waals surface area contributed by atoms with Gasteiger partial charge in [-0.25, -0.2) is 0 Å². The molecular weight excluding hydrogens is 396 g/mol. The second-order valence-corrected chi connectivity index (χ2v) is 8.88. The normalized spacial score (nSPS) is 15.4. The van der Waals surface area contributed by atoms with Crippen LogP contribution in [-0.2, 0) is 11.3 Å². The summed E-state index contributed by atoms with van der Waals surface area (Å²) < 4.78 is 0.824. The molecule has 1 aliphatic heterocycles. The summed E-state index contributed by atoms with van der Waals surface area (Å²) in [6.45, 7) is 4.88. The Morgan fingerprint density at radius 3 is 2.25 bits per heavy atom. The van der Waals surface area contributed by atoms with E-state index in [2.05, 4.69) is 21.2 Å². The molecule has 0 bridgehead atoms. The van der Waals surface area contributed by atoms with E-state index in [9.17, 15) is 9.59 Å². The van der Waals surface area contributed by atoms with Crippen molar-refractivity contribution in [2.24, 2.45) is 0 Å². The average molecular weight is 421 g/mol. The minimum Gasteiger partial charge on any atom is -0.345 e. The quantitative estimate of drug-likeness (QED) is 0.780. The summed E-state index contributed by atoms with van der Waals surface area (Å²) in [7, 11) is 3.43. The maximum Gasteiger partial charge on any atom is 0.253 e. The Hall–Kier alpha value is -1.93. The van der Waals surface area contributed by atoms with Crippen LogP contribution in [0.4, 0.5) is 5.69 Å².